The number of amides is 1. The molecule has 1 heterocycles. The molecule has 0 aliphatic carbocycles. The molecule has 2 rings (SSSR count). The molecule has 1 aromatic carbocycles. The predicted molar refractivity (Wildman–Crippen MR) is 75.1 cm³/mol. The third-order valence-corrected chi connectivity index (χ3v) is 3.55. The number of benzene rings is 1. The third-order valence-electron chi connectivity index (χ3n) is 3.06. The molecule has 18 heavy (non-hydrogen) atoms. The number of halogens is 1. The van der Waals surface area contributed by atoms with Crippen molar-refractivity contribution < 1.29 is 9.53 Å². The Morgan fingerprint density at radius 1 is 1.33 bits per heavy atom. The SMILES string of the molecule is CC(C)(C)c1cc(Br)ccc1OC(=O)N1CCC1. The van der Waals surface area contributed by atoms with Gasteiger partial charge in [0.25, 0.3) is 0 Å². The number of ether oxygens (including phenoxy) is 1. The van der Waals surface area contributed by atoms with Crippen LogP contribution in [0.5, 0.6) is 5.75 Å². The van der Waals surface area contributed by atoms with E-state index in [1.807, 2.05) is 18.2 Å². The Labute approximate surface area is 116 Å². The van der Waals surface area contributed by atoms with Crippen molar-refractivity contribution in [2.24, 2.45) is 0 Å². The van der Waals surface area contributed by atoms with Crippen LogP contribution < -0.4 is 4.74 Å². The van der Waals surface area contributed by atoms with E-state index in [-0.39, 0.29) is 11.5 Å². The first-order valence-electron chi connectivity index (χ1n) is 6.15. The Balaban J connectivity index is 2.23. The number of hydrogen-bond acceptors (Lipinski definition) is 2. The van der Waals surface area contributed by atoms with E-state index >= 15 is 0 Å². The second kappa shape index (κ2) is 4.92. The van der Waals surface area contributed by atoms with Crippen molar-refractivity contribution in [3.63, 3.8) is 0 Å². The lowest BCUT2D eigenvalue weighted by Gasteiger charge is -2.30. The highest BCUT2D eigenvalue weighted by atomic mass is 79.9. The van der Waals surface area contributed by atoms with Gasteiger partial charge in [-0.05, 0) is 30.0 Å². The number of likely N-dealkylation sites (tertiary alicyclic amines) is 1. The minimum absolute atomic E-state index is 0.0612. The lowest BCUT2D eigenvalue weighted by atomic mass is 9.86. The number of hydrogen-bond donors (Lipinski definition) is 0. The molecule has 1 fully saturated rings. The zero-order chi connectivity index (χ0) is 13.3. The highest BCUT2D eigenvalue weighted by molar-refractivity contribution is 9.10. The molecule has 1 aliphatic heterocycles. The minimum atomic E-state index is -0.242. The van der Waals surface area contributed by atoms with Crippen molar-refractivity contribution in [1.29, 1.82) is 0 Å². The molecule has 1 amide bonds. The number of nitrogens with zero attached hydrogens (tertiary/aromatic N) is 1. The Morgan fingerprint density at radius 3 is 2.50 bits per heavy atom. The topological polar surface area (TPSA) is 29.5 Å². The molecule has 0 aromatic heterocycles. The van der Waals surface area contributed by atoms with Gasteiger partial charge in [-0.1, -0.05) is 36.7 Å². The highest BCUT2D eigenvalue weighted by Crippen LogP contribution is 2.34. The summed E-state index contributed by atoms with van der Waals surface area (Å²) >= 11 is 3.46. The fourth-order valence-corrected chi connectivity index (χ4v) is 2.20. The van der Waals surface area contributed by atoms with Crippen molar-refractivity contribution in [1.82, 2.24) is 4.90 Å². The second-order valence-electron chi connectivity index (χ2n) is 5.60. The first kappa shape index (κ1) is 13.4. The molecular weight excluding hydrogens is 294 g/mol. The van der Waals surface area contributed by atoms with Gasteiger partial charge in [0.1, 0.15) is 5.75 Å². The largest absolute Gasteiger partial charge is 0.415 e. The summed E-state index contributed by atoms with van der Waals surface area (Å²) in [6.07, 6.45) is 0.829. The average Bonchev–Trinajstić information content (AvgIpc) is 2.16. The van der Waals surface area contributed by atoms with E-state index < -0.39 is 0 Å². The molecule has 4 heteroatoms. The van der Waals surface area contributed by atoms with Crippen LogP contribution >= 0.6 is 15.9 Å². The maximum absolute atomic E-state index is 11.9. The fourth-order valence-electron chi connectivity index (χ4n) is 1.83. The van der Waals surface area contributed by atoms with Crippen LogP contribution in [-0.4, -0.2) is 24.1 Å². The van der Waals surface area contributed by atoms with Crippen LogP contribution in [0.15, 0.2) is 22.7 Å². The van der Waals surface area contributed by atoms with Crippen LogP contribution in [0.3, 0.4) is 0 Å². The quantitative estimate of drug-likeness (QED) is 0.786. The molecule has 0 spiro atoms. The summed E-state index contributed by atoms with van der Waals surface area (Å²) in [6, 6.07) is 5.76. The number of carbonyl (C=O) groups excluding carboxylic acids is 1. The summed E-state index contributed by atoms with van der Waals surface area (Å²) in [5, 5.41) is 0. The lowest BCUT2D eigenvalue weighted by molar-refractivity contribution is 0.124. The molecule has 0 N–H and O–H groups in total. The summed E-state index contributed by atoms with van der Waals surface area (Å²) in [4.78, 5) is 13.6. The standard InChI is InChI=1S/C14H18BrNO2/c1-14(2,3)11-9-10(15)5-6-12(11)18-13(17)16-7-4-8-16/h5-6,9H,4,7-8H2,1-3H3. The van der Waals surface area contributed by atoms with Gasteiger partial charge in [0.2, 0.25) is 0 Å². The summed E-state index contributed by atoms with van der Waals surface area (Å²) < 4.78 is 6.49. The first-order chi connectivity index (χ1) is 8.38. The van der Waals surface area contributed by atoms with Crippen molar-refractivity contribution in [2.45, 2.75) is 32.6 Å². The van der Waals surface area contributed by atoms with Gasteiger partial charge >= 0.3 is 6.09 Å². The smallest absolute Gasteiger partial charge is 0.410 e. The lowest BCUT2D eigenvalue weighted by Crippen LogP contribution is -2.43. The Hall–Kier alpha value is -1.03. The molecule has 1 aliphatic rings. The van der Waals surface area contributed by atoms with Gasteiger partial charge in [-0.3, -0.25) is 0 Å². The van der Waals surface area contributed by atoms with Crippen molar-refractivity contribution in [3.8, 4) is 5.75 Å². The molecular formula is C14H18BrNO2. The molecule has 0 atom stereocenters. The monoisotopic (exact) mass is 311 g/mol. The summed E-state index contributed by atoms with van der Waals surface area (Å²) in [5.41, 5.74) is 0.972. The fraction of sp³-hybridized carbons (Fsp3) is 0.500. The van der Waals surface area contributed by atoms with E-state index in [0.29, 0.717) is 5.75 Å². The Kier molecular flexibility index (Phi) is 3.66. The van der Waals surface area contributed by atoms with Crippen LogP contribution in [0.2, 0.25) is 0 Å². The average molecular weight is 312 g/mol. The van der Waals surface area contributed by atoms with Crippen molar-refractivity contribution in [3.05, 3.63) is 28.2 Å². The minimum Gasteiger partial charge on any atom is -0.410 e. The molecule has 1 aromatic rings. The van der Waals surface area contributed by atoms with Crippen LogP contribution in [0.1, 0.15) is 32.8 Å². The number of rotatable bonds is 1. The molecule has 1 saturated heterocycles. The van der Waals surface area contributed by atoms with E-state index in [2.05, 4.69) is 36.7 Å². The van der Waals surface area contributed by atoms with E-state index in [1.165, 1.54) is 0 Å². The van der Waals surface area contributed by atoms with Gasteiger partial charge in [-0.2, -0.15) is 0 Å². The molecule has 98 valence electrons. The molecule has 0 unspecified atom stereocenters. The van der Waals surface area contributed by atoms with Gasteiger partial charge in [0.05, 0.1) is 0 Å². The Bertz CT molecular complexity index is 461. The van der Waals surface area contributed by atoms with Crippen LogP contribution in [0, 0.1) is 0 Å². The maximum Gasteiger partial charge on any atom is 0.415 e. The maximum atomic E-state index is 11.9. The second-order valence-corrected chi connectivity index (χ2v) is 6.51. The van der Waals surface area contributed by atoms with Gasteiger partial charge in [0, 0.05) is 23.1 Å². The van der Waals surface area contributed by atoms with Crippen LogP contribution in [-0.2, 0) is 5.41 Å². The first-order valence-corrected chi connectivity index (χ1v) is 6.94. The van der Waals surface area contributed by atoms with Crippen molar-refractivity contribution >= 4 is 22.0 Å². The van der Waals surface area contributed by atoms with E-state index in [9.17, 15) is 4.79 Å². The van der Waals surface area contributed by atoms with Gasteiger partial charge in [-0.25, -0.2) is 4.79 Å². The Morgan fingerprint density at radius 2 is 2.00 bits per heavy atom. The predicted octanol–water partition coefficient (Wildman–Crippen LogP) is 3.95. The van der Waals surface area contributed by atoms with E-state index in [1.54, 1.807) is 4.90 Å². The molecule has 0 radical (unpaired) electrons. The molecule has 3 nitrogen and oxygen atoms in total. The van der Waals surface area contributed by atoms with Crippen LogP contribution in [0.25, 0.3) is 0 Å². The van der Waals surface area contributed by atoms with E-state index in [4.69, 9.17) is 4.74 Å². The summed E-state index contributed by atoms with van der Waals surface area (Å²) in [6.45, 7) is 7.93. The number of carbonyl (C=O) groups is 1. The molecule has 0 bridgehead atoms. The van der Waals surface area contributed by atoms with Gasteiger partial charge in [0.15, 0.2) is 0 Å². The highest BCUT2D eigenvalue weighted by Gasteiger charge is 2.25. The molecule has 0 saturated carbocycles. The van der Waals surface area contributed by atoms with Crippen LogP contribution in [0.4, 0.5) is 4.79 Å². The van der Waals surface area contributed by atoms with Gasteiger partial charge in [-0.15, -0.1) is 0 Å². The summed E-state index contributed by atoms with van der Waals surface area (Å²) in [7, 11) is 0. The summed E-state index contributed by atoms with van der Waals surface area (Å²) in [5.74, 6) is 0.655. The third kappa shape index (κ3) is 2.86. The zero-order valence-corrected chi connectivity index (χ0v) is 12.6. The normalized spacial score (nSPS) is 15.2. The van der Waals surface area contributed by atoms with Crippen molar-refractivity contribution in [2.75, 3.05) is 13.1 Å². The van der Waals surface area contributed by atoms with E-state index in [0.717, 1.165) is 29.5 Å². The zero-order valence-electron chi connectivity index (χ0n) is 11.0. The van der Waals surface area contributed by atoms with Gasteiger partial charge < -0.3 is 9.64 Å².